The van der Waals surface area contributed by atoms with E-state index in [1.807, 2.05) is 42.5 Å². The molecule has 11 rings (SSSR count). The minimum Gasteiger partial charge on any atom is -0.497 e. The maximum absolute atomic E-state index is 13.7. The highest BCUT2D eigenvalue weighted by atomic mass is 16.8. The zero-order valence-corrected chi connectivity index (χ0v) is 42.0. The number of esters is 1. The largest absolute Gasteiger partial charge is 0.497 e. The van der Waals surface area contributed by atoms with Gasteiger partial charge in [0.1, 0.15) is 18.0 Å². The van der Waals surface area contributed by atoms with Gasteiger partial charge in [-0.05, 0) is 129 Å². The summed E-state index contributed by atoms with van der Waals surface area (Å²) in [6, 6.07) is 16.9. The summed E-state index contributed by atoms with van der Waals surface area (Å²) in [7, 11) is 1.66. The van der Waals surface area contributed by atoms with Gasteiger partial charge in [0.15, 0.2) is 30.8 Å². The molecule has 0 aromatic heterocycles. The molecule has 4 aliphatic carbocycles. The van der Waals surface area contributed by atoms with Crippen molar-refractivity contribution in [2.45, 2.75) is 181 Å². The van der Waals surface area contributed by atoms with Crippen molar-refractivity contribution in [2.24, 2.45) is 64.1 Å². The van der Waals surface area contributed by atoms with E-state index < -0.39 is 37.0 Å². The number of benzene rings is 2. The summed E-state index contributed by atoms with van der Waals surface area (Å²) in [4.78, 5) is 13.7. The second-order valence-electron chi connectivity index (χ2n) is 23.5. The molecule has 22 atom stereocenters. The molecule has 372 valence electrons. The number of hydrogen-bond donors (Lipinski definition) is 0. The lowest BCUT2D eigenvalue weighted by molar-refractivity contribution is -0.385. The quantitative estimate of drug-likeness (QED) is 0.186. The van der Waals surface area contributed by atoms with Crippen LogP contribution in [-0.4, -0.2) is 87.4 Å². The van der Waals surface area contributed by atoms with Crippen molar-refractivity contribution in [3.63, 3.8) is 0 Å². The molecule has 9 aliphatic rings. The Hall–Kier alpha value is -2.87. The van der Waals surface area contributed by atoms with E-state index >= 15 is 0 Å². The van der Waals surface area contributed by atoms with E-state index in [9.17, 15) is 4.79 Å². The molecule has 0 radical (unpaired) electrons. The molecule has 5 aliphatic heterocycles. The van der Waals surface area contributed by atoms with Gasteiger partial charge in [-0.25, -0.2) is 4.79 Å². The summed E-state index contributed by atoms with van der Waals surface area (Å²) in [5.41, 5.74) is 3.36. The summed E-state index contributed by atoms with van der Waals surface area (Å²) in [5.74, 6) is 3.47. The molecule has 2 aromatic rings. The number of ether oxygens (including phenoxy) is 10. The van der Waals surface area contributed by atoms with E-state index in [1.165, 1.54) is 25.7 Å². The number of methoxy groups -OCH3 is 1. The molecule has 5 unspecified atom stereocenters. The average Bonchev–Trinajstić information content (AvgIpc) is 3.80. The predicted octanol–water partition coefficient (Wildman–Crippen LogP) is 10.8. The van der Waals surface area contributed by atoms with Crippen LogP contribution in [-0.2, 0) is 42.6 Å². The molecule has 5 heterocycles. The first-order chi connectivity index (χ1) is 32.7. The van der Waals surface area contributed by atoms with E-state index in [4.69, 9.17) is 47.4 Å². The summed E-state index contributed by atoms with van der Waals surface area (Å²) < 4.78 is 66.7. The number of carbonyl (C=O) groups is 1. The molecule has 0 amide bonds. The number of fused-ring (bicyclic) bond motifs is 8. The van der Waals surface area contributed by atoms with Gasteiger partial charge in [-0.1, -0.05) is 90.4 Å². The van der Waals surface area contributed by atoms with Crippen LogP contribution in [0.15, 0.2) is 66.2 Å². The SMILES string of the molecule is COc1ccc(C2OCC3O[C@@H](O[C@H]4CC[C@@]5(C)C(=CC[C@H]6[C@@H]7C[C@@H]8O[C@]9(CC[C@@H](C)CO9)[C@@H](C)[C@@H]8[C@@]7(C)CC[C@@H]65)C4)C(O[C@@H]4OC(C)[C@H](C)[C@H](C)C4OC(=O)c4ccccc4)[C@@H](C)[C@@H]3O2)cc1. The van der Waals surface area contributed by atoms with Crippen molar-refractivity contribution in [1.29, 1.82) is 0 Å². The Morgan fingerprint density at radius 3 is 2.28 bits per heavy atom. The fraction of sp³-hybridized carbons (Fsp3) is 0.737. The molecule has 2 aromatic carbocycles. The predicted molar refractivity (Wildman–Crippen MR) is 254 cm³/mol. The van der Waals surface area contributed by atoms with E-state index in [0.29, 0.717) is 53.8 Å². The Balaban J connectivity index is 0.824. The number of allylic oxidation sites excluding steroid dienone is 1. The van der Waals surface area contributed by atoms with Gasteiger partial charge >= 0.3 is 5.97 Å². The van der Waals surface area contributed by atoms with Crippen molar-refractivity contribution in [1.82, 2.24) is 0 Å². The Morgan fingerprint density at radius 1 is 0.750 bits per heavy atom. The molecule has 68 heavy (non-hydrogen) atoms. The zero-order chi connectivity index (χ0) is 47.3. The molecule has 5 saturated heterocycles. The van der Waals surface area contributed by atoms with E-state index in [-0.39, 0.29) is 58.8 Å². The third kappa shape index (κ3) is 8.04. The van der Waals surface area contributed by atoms with Gasteiger partial charge in [-0.3, -0.25) is 0 Å². The van der Waals surface area contributed by atoms with Crippen LogP contribution in [0.25, 0.3) is 0 Å². The highest BCUT2D eigenvalue weighted by molar-refractivity contribution is 5.89. The van der Waals surface area contributed by atoms with Gasteiger partial charge in [0.05, 0.1) is 50.3 Å². The Labute approximate surface area is 404 Å². The van der Waals surface area contributed by atoms with Crippen LogP contribution >= 0.6 is 0 Å². The van der Waals surface area contributed by atoms with E-state index in [2.05, 4.69) is 61.5 Å². The monoisotopic (exact) mass is 939 g/mol. The second-order valence-corrected chi connectivity index (χ2v) is 23.5. The average molecular weight is 939 g/mol. The zero-order valence-electron chi connectivity index (χ0n) is 42.0. The fourth-order valence-corrected chi connectivity index (χ4v) is 15.6. The lowest BCUT2D eigenvalue weighted by Gasteiger charge is -2.59. The van der Waals surface area contributed by atoms with Gasteiger partial charge in [-0.2, -0.15) is 0 Å². The smallest absolute Gasteiger partial charge is 0.338 e. The number of carbonyl (C=O) groups excluding carboxylic acids is 1. The second kappa shape index (κ2) is 18.3. The summed E-state index contributed by atoms with van der Waals surface area (Å²) >= 11 is 0. The Morgan fingerprint density at radius 2 is 1.53 bits per heavy atom. The Kier molecular flexibility index (Phi) is 12.8. The molecular weight excluding hydrogens is 861 g/mol. The minimum atomic E-state index is -0.850. The molecule has 0 N–H and O–H groups in total. The van der Waals surface area contributed by atoms with Crippen LogP contribution in [0.3, 0.4) is 0 Å². The van der Waals surface area contributed by atoms with Gasteiger partial charge in [-0.15, -0.1) is 0 Å². The molecule has 3 saturated carbocycles. The molecule has 8 fully saturated rings. The summed E-state index contributed by atoms with van der Waals surface area (Å²) in [6.07, 6.45) is 8.54. The van der Waals surface area contributed by atoms with Crippen LogP contribution in [0.2, 0.25) is 0 Å². The van der Waals surface area contributed by atoms with Crippen LogP contribution < -0.4 is 4.74 Å². The van der Waals surface area contributed by atoms with Gasteiger partial charge < -0.3 is 47.4 Å². The first-order valence-electron chi connectivity index (χ1n) is 26.5. The topological polar surface area (TPSA) is 109 Å². The molecule has 11 nitrogen and oxygen atoms in total. The van der Waals surface area contributed by atoms with Gasteiger partial charge in [0.2, 0.25) is 0 Å². The molecule has 11 heteroatoms. The maximum Gasteiger partial charge on any atom is 0.338 e. The van der Waals surface area contributed by atoms with Crippen molar-refractivity contribution >= 4 is 5.97 Å². The van der Waals surface area contributed by atoms with Crippen molar-refractivity contribution < 1.29 is 52.2 Å². The normalized spacial score (nSPS) is 48.5. The molecule has 1 spiro atoms. The fourth-order valence-electron chi connectivity index (χ4n) is 15.6. The summed E-state index contributed by atoms with van der Waals surface area (Å²) in [5, 5.41) is 0. The van der Waals surface area contributed by atoms with Crippen molar-refractivity contribution in [3.8, 4) is 5.75 Å². The lowest BCUT2D eigenvalue weighted by atomic mass is 9.47. The highest BCUT2D eigenvalue weighted by Crippen LogP contribution is 2.71. The van der Waals surface area contributed by atoms with Crippen LogP contribution in [0.4, 0.5) is 0 Å². The first kappa shape index (κ1) is 47.5. The highest BCUT2D eigenvalue weighted by Gasteiger charge is 2.69. The van der Waals surface area contributed by atoms with Crippen LogP contribution in [0.1, 0.15) is 135 Å². The van der Waals surface area contributed by atoms with E-state index in [1.54, 1.807) is 24.8 Å². The minimum absolute atomic E-state index is 0.0379. The first-order valence-corrected chi connectivity index (χ1v) is 26.5. The third-order valence-corrected chi connectivity index (χ3v) is 20.0. The molecule has 0 bridgehead atoms. The summed E-state index contributed by atoms with van der Waals surface area (Å²) in [6.45, 7) is 19.6. The van der Waals surface area contributed by atoms with Gasteiger partial charge in [0, 0.05) is 29.7 Å². The molecular formula is C57H78O11. The standard InChI is InChI=1S/C57H78O11/c1-31-21-26-57(61-29-31)35(5)47-45(68-57)28-44-42-20-17-39-27-41(22-24-55(39,7)43(42)23-25-56(44,47)8)63-54-50(34(4)48-46(64-54)30-60-52(66-48)38-15-18-40(59-9)19-16-38)67-53-49(33(3)32(2)36(6)62-53)65-51(58)37-13-11-10-12-14-37/h10-19,31-36,41-50,52-54H,20-30H2,1-9H3/t31-,32-,33+,34+,35+,36?,41+,42-,43+,44+,45+,46?,47+,48+,49?,50?,52?,53+,54-,55+,56+,57-/m1/s1. The van der Waals surface area contributed by atoms with E-state index in [0.717, 1.165) is 50.0 Å². The van der Waals surface area contributed by atoms with Crippen LogP contribution in [0.5, 0.6) is 5.75 Å². The lowest BCUT2D eigenvalue weighted by Crippen LogP contribution is -2.62. The number of hydrogen-bond acceptors (Lipinski definition) is 11. The van der Waals surface area contributed by atoms with Gasteiger partial charge in [0.25, 0.3) is 0 Å². The van der Waals surface area contributed by atoms with Crippen molar-refractivity contribution in [3.05, 3.63) is 77.4 Å². The van der Waals surface area contributed by atoms with Crippen molar-refractivity contribution in [2.75, 3.05) is 20.3 Å². The van der Waals surface area contributed by atoms with Crippen LogP contribution in [0, 0.1) is 64.1 Å². The maximum atomic E-state index is 13.7. The third-order valence-electron chi connectivity index (χ3n) is 20.0. The Bertz CT molecular complexity index is 2140. The number of rotatable bonds is 8.